The average Bonchev–Trinajstić information content (AvgIpc) is 2.64. The number of amides is 1. The monoisotopic (exact) mass is 361 g/mol. The van der Waals surface area contributed by atoms with Gasteiger partial charge in [0.2, 0.25) is 0 Å². The molecule has 8 nitrogen and oxygen atoms in total. The highest BCUT2D eigenvalue weighted by molar-refractivity contribution is 6.32. The number of carbonyl (C=O) groups is 1. The third-order valence-corrected chi connectivity index (χ3v) is 4.28. The molecule has 1 amide bonds. The van der Waals surface area contributed by atoms with Crippen LogP contribution in [0.3, 0.4) is 0 Å². The quantitative estimate of drug-likeness (QED) is 0.662. The highest BCUT2D eigenvalue weighted by Crippen LogP contribution is 2.27. The Hall–Kier alpha value is -2.74. The second kappa shape index (κ2) is 7.43. The Morgan fingerprint density at radius 3 is 2.56 bits per heavy atom. The molecule has 0 radical (unpaired) electrons. The molecule has 1 aromatic heterocycles. The standard InChI is InChI=1S/C16H16ClN5O3/c17-12-5-4-11(10-14(12)22(24)25)18-16(23)13-6-7-15(20-19-13)21-8-2-1-3-9-21/h4-7,10H,1-3,8-9H2,(H,18,23). The lowest BCUT2D eigenvalue weighted by Crippen LogP contribution is -2.30. The van der Waals surface area contributed by atoms with Crippen molar-refractivity contribution in [2.45, 2.75) is 19.3 Å². The Morgan fingerprint density at radius 2 is 1.92 bits per heavy atom. The second-order valence-electron chi connectivity index (χ2n) is 5.70. The molecule has 3 rings (SSSR count). The van der Waals surface area contributed by atoms with Gasteiger partial charge in [0.15, 0.2) is 11.5 Å². The van der Waals surface area contributed by atoms with Gasteiger partial charge in [-0.05, 0) is 43.5 Å². The number of rotatable bonds is 4. The van der Waals surface area contributed by atoms with Gasteiger partial charge in [-0.3, -0.25) is 14.9 Å². The molecule has 9 heteroatoms. The molecule has 0 aliphatic carbocycles. The summed E-state index contributed by atoms with van der Waals surface area (Å²) in [5.41, 5.74) is 0.132. The van der Waals surface area contributed by atoms with E-state index in [0.717, 1.165) is 31.7 Å². The lowest BCUT2D eigenvalue weighted by Gasteiger charge is -2.27. The van der Waals surface area contributed by atoms with Crippen LogP contribution in [0.4, 0.5) is 17.2 Å². The van der Waals surface area contributed by atoms with Gasteiger partial charge in [0.25, 0.3) is 11.6 Å². The van der Waals surface area contributed by atoms with E-state index in [1.807, 2.05) is 0 Å². The number of nitro benzene ring substituents is 1. The molecule has 2 aromatic rings. The van der Waals surface area contributed by atoms with Crippen molar-refractivity contribution in [1.29, 1.82) is 0 Å². The number of hydrogen-bond acceptors (Lipinski definition) is 6. The molecule has 0 spiro atoms. The van der Waals surface area contributed by atoms with Crippen molar-refractivity contribution in [1.82, 2.24) is 10.2 Å². The first-order valence-electron chi connectivity index (χ1n) is 7.88. The number of benzene rings is 1. The number of halogens is 1. The van der Waals surface area contributed by atoms with E-state index in [1.54, 1.807) is 12.1 Å². The van der Waals surface area contributed by atoms with Gasteiger partial charge in [-0.25, -0.2) is 0 Å². The molecule has 1 aliphatic heterocycles. The fourth-order valence-corrected chi connectivity index (χ4v) is 2.85. The minimum Gasteiger partial charge on any atom is -0.355 e. The molecular weight excluding hydrogens is 346 g/mol. The third-order valence-electron chi connectivity index (χ3n) is 3.96. The zero-order chi connectivity index (χ0) is 17.8. The lowest BCUT2D eigenvalue weighted by molar-refractivity contribution is -0.384. The Labute approximate surface area is 149 Å². The van der Waals surface area contributed by atoms with Crippen LogP contribution in [-0.4, -0.2) is 34.1 Å². The number of piperidine rings is 1. The van der Waals surface area contributed by atoms with E-state index < -0.39 is 10.8 Å². The van der Waals surface area contributed by atoms with Crippen molar-refractivity contribution in [3.05, 3.63) is 51.2 Å². The predicted molar refractivity (Wildman–Crippen MR) is 94.2 cm³/mol. The van der Waals surface area contributed by atoms with Crippen LogP contribution >= 0.6 is 11.6 Å². The molecule has 25 heavy (non-hydrogen) atoms. The fourth-order valence-electron chi connectivity index (χ4n) is 2.66. The van der Waals surface area contributed by atoms with E-state index >= 15 is 0 Å². The van der Waals surface area contributed by atoms with Gasteiger partial charge in [0.05, 0.1) is 4.92 Å². The maximum absolute atomic E-state index is 12.2. The Morgan fingerprint density at radius 1 is 1.16 bits per heavy atom. The third kappa shape index (κ3) is 4.03. The van der Waals surface area contributed by atoms with Crippen molar-refractivity contribution >= 4 is 34.7 Å². The highest BCUT2D eigenvalue weighted by atomic mass is 35.5. The summed E-state index contributed by atoms with van der Waals surface area (Å²) >= 11 is 5.75. The number of hydrogen-bond donors (Lipinski definition) is 1. The van der Waals surface area contributed by atoms with E-state index in [0.29, 0.717) is 0 Å². The molecule has 0 saturated carbocycles. The zero-order valence-electron chi connectivity index (χ0n) is 13.3. The van der Waals surface area contributed by atoms with Crippen LogP contribution in [0.25, 0.3) is 0 Å². The molecule has 1 saturated heterocycles. The Kier molecular flexibility index (Phi) is 5.08. The summed E-state index contributed by atoms with van der Waals surface area (Å²) < 4.78 is 0. The Balaban J connectivity index is 1.71. The number of nitrogens with zero attached hydrogens (tertiary/aromatic N) is 4. The molecule has 130 valence electrons. The molecule has 1 aliphatic rings. The average molecular weight is 362 g/mol. The largest absolute Gasteiger partial charge is 0.355 e. The van der Waals surface area contributed by atoms with E-state index in [2.05, 4.69) is 20.4 Å². The number of nitro groups is 1. The summed E-state index contributed by atoms with van der Waals surface area (Å²) in [5, 5.41) is 21.5. The van der Waals surface area contributed by atoms with Gasteiger partial charge < -0.3 is 10.2 Å². The van der Waals surface area contributed by atoms with Crippen LogP contribution < -0.4 is 10.2 Å². The van der Waals surface area contributed by atoms with Crippen LogP contribution in [-0.2, 0) is 0 Å². The van der Waals surface area contributed by atoms with Crippen LogP contribution in [0.5, 0.6) is 0 Å². The maximum atomic E-state index is 12.2. The first-order valence-corrected chi connectivity index (χ1v) is 8.26. The zero-order valence-corrected chi connectivity index (χ0v) is 14.1. The summed E-state index contributed by atoms with van der Waals surface area (Å²) in [7, 11) is 0. The van der Waals surface area contributed by atoms with Crippen molar-refractivity contribution < 1.29 is 9.72 Å². The number of carbonyl (C=O) groups excluding carboxylic acids is 1. The topological polar surface area (TPSA) is 101 Å². The smallest absolute Gasteiger partial charge is 0.289 e. The molecule has 2 heterocycles. The van der Waals surface area contributed by atoms with Crippen molar-refractivity contribution in [3.63, 3.8) is 0 Å². The number of anilines is 2. The second-order valence-corrected chi connectivity index (χ2v) is 6.11. The maximum Gasteiger partial charge on any atom is 0.289 e. The Bertz CT molecular complexity index is 791. The summed E-state index contributed by atoms with van der Waals surface area (Å²) in [4.78, 5) is 24.7. The molecule has 1 N–H and O–H groups in total. The summed E-state index contributed by atoms with van der Waals surface area (Å²) in [6.45, 7) is 1.88. The van der Waals surface area contributed by atoms with Gasteiger partial charge in [-0.1, -0.05) is 11.6 Å². The summed E-state index contributed by atoms with van der Waals surface area (Å²) in [6, 6.07) is 7.41. The molecule has 1 aromatic carbocycles. The SMILES string of the molecule is O=C(Nc1ccc(Cl)c([N+](=O)[O-])c1)c1ccc(N2CCCCC2)nn1. The number of aromatic nitrogens is 2. The van der Waals surface area contributed by atoms with Gasteiger partial charge in [-0.2, -0.15) is 0 Å². The van der Waals surface area contributed by atoms with Crippen LogP contribution in [0.1, 0.15) is 29.8 Å². The highest BCUT2D eigenvalue weighted by Gasteiger charge is 2.17. The van der Waals surface area contributed by atoms with Gasteiger partial charge >= 0.3 is 0 Å². The molecule has 1 fully saturated rings. The molecule has 0 atom stereocenters. The van der Waals surface area contributed by atoms with Gasteiger partial charge in [0.1, 0.15) is 5.02 Å². The van der Waals surface area contributed by atoms with E-state index in [4.69, 9.17) is 11.6 Å². The molecule has 0 bridgehead atoms. The normalized spacial score (nSPS) is 14.2. The fraction of sp³-hybridized carbons (Fsp3) is 0.312. The summed E-state index contributed by atoms with van der Waals surface area (Å²) in [5.74, 6) is 0.257. The predicted octanol–water partition coefficient (Wildman–Crippen LogP) is 3.28. The first kappa shape index (κ1) is 17.1. The van der Waals surface area contributed by atoms with Crippen molar-refractivity contribution in [2.24, 2.45) is 0 Å². The molecule has 0 unspecified atom stereocenters. The lowest BCUT2D eigenvalue weighted by atomic mass is 10.1. The van der Waals surface area contributed by atoms with Crippen molar-refractivity contribution in [2.75, 3.05) is 23.3 Å². The molecular formula is C16H16ClN5O3. The van der Waals surface area contributed by atoms with E-state index in [-0.39, 0.29) is 22.1 Å². The first-order chi connectivity index (χ1) is 12.0. The number of nitrogens with one attached hydrogen (secondary N) is 1. The van der Waals surface area contributed by atoms with E-state index in [9.17, 15) is 14.9 Å². The van der Waals surface area contributed by atoms with Crippen LogP contribution in [0, 0.1) is 10.1 Å². The minimum absolute atomic E-state index is 0.00803. The summed E-state index contributed by atoms with van der Waals surface area (Å²) in [6.07, 6.45) is 3.47. The van der Waals surface area contributed by atoms with Gasteiger partial charge in [0, 0.05) is 24.8 Å². The van der Waals surface area contributed by atoms with Crippen LogP contribution in [0.2, 0.25) is 5.02 Å². The van der Waals surface area contributed by atoms with E-state index in [1.165, 1.54) is 24.6 Å². The van der Waals surface area contributed by atoms with Gasteiger partial charge in [-0.15, -0.1) is 10.2 Å². The van der Waals surface area contributed by atoms with Crippen LogP contribution in [0.15, 0.2) is 30.3 Å². The minimum atomic E-state index is -0.606. The van der Waals surface area contributed by atoms with Crippen molar-refractivity contribution in [3.8, 4) is 0 Å².